The number of benzene rings is 2. The SMILES string of the molecule is COc1ccc(SC#Cc2ccccc2Br)cc1. The molecule has 0 saturated heterocycles. The van der Waals surface area contributed by atoms with Crippen LogP contribution < -0.4 is 4.74 Å². The Kier molecular flexibility index (Phi) is 4.74. The van der Waals surface area contributed by atoms with Gasteiger partial charge in [-0.15, -0.1) is 0 Å². The molecule has 0 aliphatic carbocycles. The zero-order valence-corrected chi connectivity index (χ0v) is 12.2. The minimum atomic E-state index is 0.859. The minimum absolute atomic E-state index is 0.859. The van der Waals surface area contributed by atoms with Crippen LogP contribution in [-0.4, -0.2) is 7.11 Å². The molecule has 2 aromatic carbocycles. The highest BCUT2D eigenvalue weighted by Crippen LogP contribution is 2.21. The number of thioether (sulfide) groups is 1. The molecule has 1 nitrogen and oxygen atoms in total. The zero-order valence-electron chi connectivity index (χ0n) is 9.81. The first-order chi connectivity index (χ1) is 8.79. The van der Waals surface area contributed by atoms with Crippen molar-refractivity contribution < 1.29 is 4.74 Å². The van der Waals surface area contributed by atoms with Crippen LogP contribution in [-0.2, 0) is 0 Å². The summed E-state index contributed by atoms with van der Waals surface area (Å²) >= 11 is 4.98. The molecule has 2 aromatic rings. The number of hydrogen-bond donors (Lipinski definition) is 0. The van der Waals surface area contributed by atoms with Gasteiger partial charge < -0.3 is 4.74 Å². The van der Waals surface area contributed by atoms with E-state index in [0.717, 1.165) is 20.7 Å². The summed E-state index contributed by atoms with van der Waals surface area (Å²) < 4.78 is 6.13. The largest absolute Gasteiger partial charge is 0.497 e. The van der Waals surface area contributed by atoms with Crippen molar-refractivity contribution in [3.8, 4) is 16.9 Å². The topological polar surface area (TPSA) is 9.23 Å². The molecule has 3 heteroatoms. The van der Waals surface area contributed by atoms with Gasteiger partial charge in [0.05, 0.1) is 7.11 Å². The monoisotopic (exact) mass is 318 g/mol. The van der Waals surface area contributed by atoms with Crippen LogP contribution in [0.3, 0.4) is 0 Å². The van der Waals surface area contributed by atoms with Crippen LogP contribution in [0.15, 0.2) is 57.9 Å². The second kappa shape index (κ2) is 6.53. The molecule has 0 bridgehead atoms. The third-order valence-electron chi connectivity index (χ3n) is 2.29. The van der Waals surface area contributed by atoms with Gasteiger partial charge in [0.25, 0.3) is 0 Å². The van der Waals surface area contributed by atoms with Crippen LogP contribution in [0.5, 0.6) is 5.75 Å². The summed E-state index contributed by atoms with van der Waals surface area (Å²) in [7, 11) is 1.66. The second-order valence-electron chi connectivity index (χ2n) is 3.48. The van der Waals surface area contributed by atoms with Crippen molar-refractivity contribution in [2.24, 2.45) is 0 Å². The summed E-state index contributed by atoms with van der Waals surface area (Å²) in [5.74, 6) is 3.98. The van der Waals surface area contributed by atoms with Gasteiger partial charge in [-0.1, -0.05) is 18.1 Å². The number of methoxy groups -OCH3 is 1. The summed E-state index contributed by atoms with van der Waals surface area (Å²) in [6.07, 6.45) is 0. The molecule has 0 amide bonds. The maximum absolute atomic E-state index is 5.11. The van der Waals surface area contributed by atoms with Crippen molar-refractivity contribution in [1.29, 1.82) is 0 Å². The third kappa shape index (κ3) is 3.56. The summed E-state index contributed by atoms with van der Waals surface area (Å²) in [6, 6.07) is 15.8. The molecule has 0 fully saturated rings. The van der Waals surface area contributed by atoms with Crippen molar-refractivity contribution >= 4 is 27.7 Å². The van der Waals surface area contributed by atoms with Gasteiger partial charge >= 0.3 is 0 Å². The number of rotatable bonds is 2. The average Bonchev–Trinajstić information content (AvgIpc) is 2.42. The van der Waals surface area contributed by atoms with E-state index in [0.29, 0.717) is 0 Å². The van der Waals surface area contributed by atoms with E-state index in [4.69, 9.17) is 4.74 Å². The Morgan fingerprint density at radius 3 is 2.44 bits per heavy atom. The van der Waals surface area contributed by atoms with Gasteiger partial charge in [0, 0.05) is 14.9 Å². The van der Waals surface area contributed by atoms with Crippen molar-refractivity contribution in [2.75, 3.05) is 7.11 Å². The molecule has 0 saturated carbocycles. The summed E-state index contributed by atoms with van der Waals surface area (Å²) in [4.78, 5) is 1.11. The molecule has 90 valence electrons. The van der Waals surface area contributed by atoms with Gasteiger partial charge in [-0.05, 0) is 69.3 Å². The maximum atomic E-state index is 5.11. The predicted molar refractivity (Wildman–Crippen MR) is 79.9 cm³/mol. The summed E-state index contributed by atoms with van der Waals surface area (Å²) in [5, 5.41) is 3.09. The molecule has 0 unspecified atom stereocenters. The fourth-order valence-electron chi connectivity index (χ4n) is 1.35. The smallest absolute Gasteiger partial charge is 0.118 e. The van der Waals surface area contributed by atoms with Crippen LogP contribution in [0.25, 0.3) is 0 Å². The van der Waals surface area contributed by atoms with Gasteiger partial charge in [-0.2, -0.15) is 0 Å². The molecular weight excluding hydrogens is 308 g/mol. The lowest BCUT2D eigenvalue weighted by Gasteiger charge is -1.99. The highest BCUT2D eigenvalue weighted by atomic mass is 79.9. The van der Waals surface area contributed by atoms with E-state index in [9.17, 15) is 0 Å². The normalized spacial score (nSPS) is 9.44. The van der Waals surface area contributed by atoms with Crippen molar-refractivity contribution in [3.05, 3.63) is 58.6 Å². The standard InChI is InChI=1S/C15H11BrOS/c1-17-13-6-8-14(9-7-13)18-11-10-12-4-2-3-5-15(12)16/h2-9H,1H3. The lowest BCUT2D eigenvalue weighted by Crippen LogP contribution is -1.80. The Balaban J connectivity index is 2.06. The van der Waals surface area contributed by atoms with E-state index in [-0.39, 0.29) is 0 Å². The van der Waals surface area contributed by atoms with Gasteiger partial charge in [-0.25, -0.2) is 0 Å². The molecule has 0 radical (unpaired) electrons. The van der Waals surface area contributed by atoms with Crippen LogP contribution in [0, 0.1) is 11.2 Å². The highest BCUT2D eigenvalue weighted by molar-refractivity contribution is 9.10. The Morgan fingerprint density at radius 2 is 1.78 bits per heavy atom. The molecule has 18 heavy (non-hydrogen) atoms. The van der Waals surface area contributed by atoms with Gasteiger partial charge in [0.1, 0.15) is 5.75 Å². The Bertz CT molecular complexity index is 581. The van der Waals surface area contributed by atoms with E-state index in [1.165, 1.54) is 11.8 Å². The van der Waals surface area contributed by atoms with Crippen molar-refractivity contribution in [3.63, 3.8) is 0 Å². The summed E-state index contributed by atoms with van der Waals surface area (Å²) in [5.41, 5.74) is 0.999. The fraction of sp³-hybridized carbons (Fsp3) is 0.0667. The van der Waals surface area contributed by atoms with Gasteiger partial charge in [-0.3, -0.25) is 0 Å². The first-order valence-corrected chi connectivity index (χ1v) is 6.97. The Hall–Kier alpha value is -1.37. The Labute approximate surface area is 120 Å². The van der Waals surface area contributed by atoms with E-state index in [1.807, 2.05) is 48.5 Å². The first kappa shape index (κ1) is 13.1. The second-order valence-corrected chi connectivity index (χ2v) is 5.22. The third-order valence-corrected chi connectivity index (χ3v) is 3.69. The number of ether oxygens (including phenoxy) is 1. The molecular formula is C15H11BrOS. The van der Waals surface area contributed by atoms with E-state index < -0.39 is 0 Å². The molecule has 2 rings (SSSR count). The first-order valence-electron chi connectivity index (χ1n) is 5.36. The van der Waals surface area contributed by atoms with Crippen LogP contribution >= 0.6 is 27.7 Å². The summed E-state index contributed by atoms with van der Waals surface area (Å²) in [6.45, 7) is 0. The predicted octanol–water partition coefficient (Wildman–Crippen LogP) is 4.56. The van der Waals surface area contributed by atoms with E-state index >= 15 is 0 Å². The minimum Gasteiger partial charge on any atom is -0.497 e. The van der Waals surface area contributed by atoms with Gasteiger partial charge in [0.15, 0.2) is 0 Å². The molecule has 0 atom stereocenters. The lowest BCUT2D eigenvalue weighted by atomic mass is 10.2. The fourth-order valence-corrected chi connectivity index (χ4v) is 2.28. The molecule has 0 aliphatic heterocycles. The molecule has 0 heterocycles. The number of halogens is 1. The lowest BCUT2D eigenvalue weighted by molar-refractivity contribution is 0.414. The number of hydrogen-bond acceptors (Lipinski definition) is 2. The van der Waals surface area contributed by atoms with Crippen LogP contribution in [0.1, 0.15) is 5.56 Å². The quantitative estimate of drug-likeness (QED) is 0.593. The zero-order chi connectivity index (χ0) is 12.8. The van der Waals surface area contributed by atoms with Gasteiger partial charge in [0.2, 0.25) is 0 Å². The van der Waals surface area contributed by atoms with E-state index in [2.05, 4.69) is 27.1 Å². The van der Waals surface area contributed by atoms with Crippen LogP contribution in [0.4, 0.5) is 0 Å². The average molecular weight is 319 g/mol. The molecule has 0 spiro atoms. The highest BCUT2D eigenvalue weighted by Gasteiger charge is 1.94. The van der Waals surface area contributed by atoms with E-state index in [1.54, 1.807) is 7.11 Å². The van der Waals surface area contributed by atoms with Crippen LogP contribution in [0.2, 0.25) is 0 Å². The molecule has 0 N–H and O–H groups in total. The maximum Gasteiger partial charge on any atom is 0.118 e. The van der Waals surface area contributed by atoms with Crippen molar-refractivity contribution in [2.45, 2.75) is 4.90 Å². The molecule has 0 aromatic heterocycles. The molecule has 0 aliphatic rings. The Morgan fingerprint density at radius 1 is 1.06 bits per heavy atom. The van der Waals surface area contributed by atoms with Crippen molar-refractivity contribution in [1.82, 2.24) is 0 Å².